The second-order valence-corrected chi connectivity index (χ2v) is 6.35. The summed E-state index contributed by atoms with van der Waals surface area (Å²) < 4.78 is 0. The highest BCUT2D eigenvalue weighted by molar-refractivity contribution is 5.77. The fraction of sp³-hybridized carbons (Fsp3) is 0.471. The largest absolute Gasteiger partial charge is 0.507 e. The molecule has 0 atom stereocenters. The van der Waals surface area contributed by atoms with Gasteiger partial charge in [-0.25, -0.2) is 0 Å². The Labute approximate surface area is 127 Å². The molecule has 4 nitrogen and oxygen atoms in total. The molecule has 1 aromatic rings. The molecule has 0 saturated carbocycles. The van der Waals surface area contributed by atoms with Crippen LogP contribution < -0.4 is 11.1 Å². The van der Waals surface area contributed by atoms with Gasteiger partial charge in [0, 0.05) is 6.42 Å². The van der Waals surface area contributed by atoms with Gasteiger partial charge in [0.1, 0.15) is 5.75 Å². The highest BCUT2D eigenvalue weighted by Crippen LogP contribution is 2.34. The second-order valence-electron chi connectivity index (χ2n) is 6.35. The summed E-state index contributed by atoms with van der Waals surface area (Å²) >= 11 is 0. The molecule has 0 fully saturated rings. The molecule has 0 unspecified atom stereocenters. The van der Waals surface area contributed by atoms with E-state index in [1.807, 2.05) is 19.1 Å². The molecule has 0 saturated heterocycles. The predicted octanol–water partition coefficient (Wildman–Crippen LogP) is 2.87. The number of phenolic OH excluding ortho intramolecular Hbond substituents is 1. The van der Waals surface area contributed by atoms with Gasteiger partial charge in [0.25, 0.3) is 0 Å². The minimum absolute atomic E-state index is 0.103. The molecule has 0 aliphatic heterocycles. The van der Waals surface area contributed by atoms with E-state index in [9.17, 15) is 9.90 Å². The van der Waals surface area contributed by atoms with Crippen LogP contribution in [0.25, 0.3) is 0 Å². The molecular formula is C17H26N2O2. The lowest BCUT2D eigenvalue weighted by molar-refractivity contribution is -0.120. The lowest BCUT2D eigenvalue weighted by Gasteiger charge is -2.22. The maximum absolute atomic E-state index is 11.7. The summed E-state index contributed by atoms with van der Waals surface area (Å²) in [6.07, 6.45) is 2.63. The summed E-state index contributed by atoms with van der Waals surface area (Å²) in [5.41, 5.74) is 8.22. The number of aromatic hydroxyl groups is 1. The molecular weight excluding hydrogens is 264 g/mol. The number of benzene rings is 1. The van der Waals surface area contributed by atoms with E-state index in [0.717, 1.165) is 16.7 Å². The van der Waals surface area contributed by atoms with E-state index in [1.54, 1.807) is 13.0 Å². The minimum Gasteiger partial charge on any atom is -0.507 e. The van der Waals surface area contributed by atoms with E-state index in [2.05, 4.69) is 26.1 Å². The Bertz CT molecular complexity index is 555. The summed E-state index contributed by atoms with van der Waals surface area (Å²) in [4.78, 5) is 11.7. The summed E-state index contributed by atoms with van der Waals surface area (Å²) in [5, 5.41) is 12.8. The molecule has 0 radical (unpaired) electrons. The number of amides is 1. The first-order valence-electron chi connectivity index (χ1n) is 7.19. The second kappa shape index (κ2) is 6.66. The zero-order chi connectivity index (χ0) is 16.2. The molecule has 1 aromatic carbocycles. The number of nitrogens with two attached hydrogens (primary N) is 1. The van der Waals surface area contributed by atoms with Gasteiger partial charge in [-0.15, -0.1) is 0 Å². The Morgan fingerprint density at radius 3 is 2.52 bits per heavy atom. The Morgan fingerprint density at radius 2 is 2.00 bits per heavy atom. The van der Waals surface area contributed by atoms with E-state index in [-0.39, 0.29) is 11.3 Å². The van der Waals surface area contributed by atoms with Gasteiger partial charge < -0.3 is 16.2 Å². The zero-order valence-electron chi connectivity index (χ0n) is 13.6. The Kier molecular flexibility index (Phi) is 5.41. The number of hydrogen-bond donors (Lipinski definition) is 3. The van der Waals surface area contributed by atoms with Crippen LogP contribution in [0, 0.1) is 6.92 Å². The number of rotatable bonds is 4. The average Bonchev–Trinajstić information content (AvgIpc) is 2.38. The van der Waals surface area contributed by atoms with Crippen LogP contribution in [0.15, 0.2) is 24.0 Å². The summed E-state index contributed by atoms with van der Waals surface area (Å²) in [7, 11) is 0. The highest BCUT2D eigenvalue weighted by Gasteiger charge is 2.20. The van der Waals surface area contributed by atoms with Crippen molar-refractivity contribution in [2.45, 2.75) is 52.9 Å². The van der Waals surface area contributed by atoms with Crippen LogP contribution in [0.4, 0.5) is 0 Å². The minimum atomic E-state index is -0.136. The summed E-state index contributed by atoms with van der Waals surface area (Å²) in [5.74, 6) is 0.611. The van der Waals surface area contributed by atoms with Gasteiger partial charge in [0.15, 0.2) is 0 Å². The molecule has 4 N–H and O–H groups in total. The topological polar surface area (TPSA) is 75.3 Å². The third-order valence-electron chi connectivity index (χ3n) is 3.40. The van der Waals surface area contributed by atoms with Crippen molar-refractivity contribution in [2.24, 2.45) is 5.73 Å². The van der Waals surface area contributed by atoms with Crippen LogP contribution >= 0.6 is 0 Å². The number of aryl methyl sites for hydroxylation is 2. The number of phenols is 1. The van der Waals surface area contributed by atoms with Crippen molar-refractivity contribution in [2.75, 3.05) is 0 Å². The lowest BCUT2D eigenvalue weighted by Crippen LogP contribution is -2.27. The van der Waals surface area contributed by atoms with Crippen molar-refractivity contribution in [1.82, 2.24) is 5.32 Å². The smallest absolute Gasteiger partial charge is 0.225 e. The Morgan fingerprint density at radius 1 is 1.38 bits per heavy atom. The van der Waals surface area contributed by atoms with Crippen LogP contribution in [0.5, 0.6) is 5.75 Å². The molecule has 116 valence electrons. The van der Waals surface area contributed by atoms with E-state index >= 15 is 0 Å². The Hall–Kier alpha value is -1.97. The van der Waals surface area contributed by atoms with Crippen molar-refractivity contribution in [3.8, 4) is 5.75 Å². The number of hydrogen-bond acceptors (Lipinski definition) is 3. The molecule has 4 heteroatoms. The maximum Gasteiger partial charge on any atom is 0.225 e. The first-order chi connectivity index (χ1) is 9.65. The highest BCUT2D eigenvalue weighted by atomic mass is 16.3. The quantitative estimate of drug-likeness (QED) is 0.798. The number of carbonyl (C=O) groups excluding carboxylic acids is 1. The van der Waals surface area contributed by atoms with Gasteiger partial charge in [0.05, 0.1) is 5.82 Å². The first kappa shape index (κ1) is 17.1. The molecule has 0 spiro atoms. The van der Waals surface area contributed by atoms with Crippen LogP contribution in [0.1, 0.15) is 50.8 Å². The van der Waals surface area contributed by atoms with Crippen molar-refractivity contribution in [3.63, 3.8) is 0 Å². The fourth-order valence-corrected chi connectivity index (χ4v) is 2.12. The zero-order valence-corrected chi connectivity index (χ0v) is 13.6. The van der Waals surface area contributed by atoms with Gasteiger partial charge in [-0.3, -0.25) is 4.79 Å². The molecule has 1 amide bonds. The van der Waals surface area contributed by atoms with Crippen molar-refractivity contribution < 1.29 is 9.90 Å². The van der Waals surface area contributed by atoms with Crippen LogP contribution in [0.3, 0.4) is 0 Å². The van der Waals surface area contributed by atoms with Gasteiger partial charge in [-0.2, -0.15) is 0 Å². The van der Waals surface area contributed by atoms with Crippen molar-refractivity contribution in [1.29, 1.82) is 0 Å². The van der Waals surface area contributed by atoms with Gasteiger partial charge in [-0.05, 0) is 48.4 Å². The van der Waals surface area contributed by atoms with E-state index < -0.39 is 0 Å². The van der Waals surface area contributed by atoms with Gasteiger partial charge in [-0.1, -0.05) is 32.9 Å². The van der Waals surface area contributed by atoms with Gasteiger partial charge >= 0.3 is 0 Å². The molecule has 0 aromatic heterocycles. The van der Waals surface area contributed by atoms with Crippen molar-refractivity contribution in [3.05, 3.63) is 40.7 Å². The monoisotopic (exact) mass is 290 g/mol. The Balaban J connectivity index is 2.86. The lowest BCUT2D eigenvalue weighted by atomic mass is 9.83. The van der Waals surface area contributed by atoms with Crippen LogP contribution in [-0.4, -0.2) is 11.0 Å². The van der Waals surface area contributed by atoms with Crippen LogP contribution in [-0.2, 0) is 16.6 Å². The molecule has 0 heterocycles. The summed E-state index contributed by atoms with van der Waals surface area (Å²) in [6, 6.07) is 3.91. The molecule has 0 aliphatic rings. The standard InChI is InChI=1S/C17H26N2O2/c1-6-14(18)19-15(20)8-7-12-9-11(2)16(21)13(10-12)17(3,4)5/h6,9-10,21H,7-8,18H2,1-5H3,(H,19,20). The SMILES string of the molecule is CC=C(N)NC(=O)CCc1cc(C)c(O)c(C(C)(C)C)c1. The average molecular weight is 290 g/mol. The third kappa shape index (κ3) is 4.81. The molecule has 21 heavy (non-hydrogen) atoms. The van der Waals surface area contributed by atoms with Gasteiger partial charge in [0.2, 0.25) is 5.91 Å². The first-order valence-corrected chi connectivity index (χ1v) is 7.19. The number of allylic oxidation sites excluding steroid dienone is 1. The predicted molar refractivity (Wildman–Crippen MR) is 86.0 cm³/mol. The van der Waals surface area contributed by atoms with E-state index in [0.29, 0.717) is 24.4 Å². The molecule has 0 bridgehead atoms. The normalized spacial score (nSPS) is 12.3. The van der Waals surface area contributed by atoms with E-state index in [1.165, 1.54) is 0 Å². The third-order valence-corrected chi connectivity index (χ3v) is 3.40. The number of nitrogens with one attached hydrogen (secondary N) is 1. The molecule has 0 aliphatic carbocycles. The van der Waals surface area contributed by atoms with Crippen LogP contribution in [0.2, 0.25) is 0 Å². The summed E-state index contributed by atoms with van der Waals surface area (Å²) in [6.45, 7) is 9.83. The van der Waals surface area contributed by atoms with E-state index in [4.69, 9.17) is 5.73 Å². The fourth-order valence-electron chi connectivity index (χ4n) is 2.12. The van der Waals surface area contributed by atoms with Crippen molar-refractivity contribution >= 4 is 5.91 Å². The maximum atomic E-state index is 11.7. The molecule has 1 rings (SSSR count). The number of carbonyl (C=O) groups is 1.